The maximum absolute atomic E-state index is 13.6. The Balaban J connectivity index is 1.44. The first-order valence-corrected chi connectivity index (χ1v) is 10.1. The fraction of sp³-hybridized carbons (Fsp3) is 0.409. The monoisotopic (exact) mass is 402 g/mol. The van der Waals surface area contributed by atoms with Gasteiger partial charge in [0.2, 0.25) is 0 Å². The molecule has 2 bridgehead atoms. The van der Waals surface area contributed by atoms with Crippen molar-refractivity contribution in [3.63, 3.8) is 0 Å². The summed E-state index contributed by atoms with van der Waals surface area (Å²) in [7, 11) is 0. The van der Waals surface area contributed by atoms with Gasteiger partial charge in [-0.3, -0.25) is 5.32 Å². The van der Waals surface area contributed by atoms with Gasteiger partial charge in [0, 0.05) is 22.7 Å². The Morgan fingerprint density at radius 1 is 1.21 bits per heavy atom. The first-order valence-electron chi connectivity index (χ1n) is 9.74. The van der Waals surface area contributed by atoms with Crippen molar-refractivity contribution in [3.8, 4) is 11.1 Å². The van der Waals surface area contributed by atoms with Crippen LogP contribution in [0.3, 0.4) is 0 Å². The molecule has 2 N–H and O–H groups in total. The number of amides is 1. The molecular weight excluding hydrogens is 379 g/mol. The third kappa shape index (κ3) is 4.31. The number of halogens is 2. The van der Waals surface area contributed by atoms with E-state index in [1.807, 2.05) is 6.07 Å². The number of rotatable bonds is 4. The fourth-order valence-corrected chi connectivity index (χ4v) is 4.51. The Morgan fingerprint density at radius 3 is 2.68 bits per heavy atom. The highest BCUT2D eigenvalue weighted by Gasteiger charge is 2.33. The molecule has 1 amide bonds. The Kier molecular flexibility index (Phi) is 5.56. The van der Waals surface area contributed by atoms with E-state index in [1.165, 1.54) is 18.9 Å². The third-order valence-electron chi connectivity index (χ3n) is 5.71. The van der Waals surface area contributed by atoms with E-state index >= 15 is 0 Å². The number of ether oxygens (including phenoxy) is 1. The van der Waals surface area contributed by atoms with E-state index in [9.17, 15) is 9.18 Å². The summed E-state index contributed by atoms with van der Waals surface area (Å²) in [5.74, 6) is 0.144. The van der Waals surface area contributed by atoms with Gasteiger partial charge in [0.1, 0.15) is 5.82 Å². The second-order valence-electron chi connectivity index (χ2n) is 7.85. The van der Waals surface area contributed by atoms with Gasteiger partial charge in [0.15, 0.2) is 0 Å². The average Bonchev–Trinajstić information content (AvgIpc) is 3.01. The smallest absolute Gasteiger partial charge is 0.411 e. The van der Waals surface area contributed by atoms with Gasteiger partial charge in [0.25, 0.3) is 0 Å². The quantitative estimate of drug-likeness (QED) is 0.706. The minimum Gasteiger partial charge on any atom is -0.449 e. The van der Waals surface area contributed by atoms with Crippen molar-refractivity contribution in [1.82, 2.24) is 5.32 Å². The minimum atomic E-state index is -0.492. The lowest BCUT2D eigenvalue weighted by molar-refractivity contribution is 0.122. The van der Waals surface area contributed by atoms with E-state index in [0.717, 1.165) is 24.0 Å². The van der Waals surface area contributed by atoms with Crippen LogP contribution in [0.1, 0.15) is 31.2 Å². The summed E-state index contributed by atoms with van der Waals surface area (Å²) < 4.78 is 19.1. The van der Waals surface area contributed by atoms with Gasteiger partial charge >= 0.3 is 6.09 Å². The summed E-state index contributed by atoms with van der Waals surface area (Å²) in [4.78, 5) is 12.4. The summed E-state index contributed by atoms with van der Waals surface area (Å²) in [5, 5.41) is 6.90. The Morgan fingerprint density at radius 2 is 1.96 bits per heavy atom. The number of hydrogen-bond donors (Lipinski definition) is 2. The summed E-state index contributed by atoms with van der Waals surface area (Å²) in [5.41, 5.74) is 2.67. The molecule has 148 valence electrons. The zero-order valence-electron chi connectivity index (χ0n) is 15.8. The fourth-order valence-electron chi connectivity index (χ4n) is 4.33. The average molecular weight is 403 g/mol. The molecule has 0 aromatic heterocycles. The number of hydrogen-bond acceptors (Lipinski definition) is 3. The maximum atomic E-state index is 13.6. The van der Waals surface area contributed by atoms with Crippen molar-refractivity contribution in [2.75, 3.05) is 11.9 Å². The molecule has 2 fully saturated rings. The zero-order chi connectivity index (χ0) is 19.7. The number of carbonyl (C=O) groups is 1. The van der Waals surface area contributed by atoms with Crippen LogP contribution in [-0.4, -0.2) is 24.8 Å². The Labute approximate surface area is 169 Å². The summed E-state index contributed by atoms with van der Waals surface area (Å²) in [6.45, 7) is 2.13. The second-order valence-corrected chi connectivity index (χ2v) is 8.29. The lowest BCUT2D eigenvalue weighted by Crippen LogP contribution is -2.39. The lowest BCUT2D eigenvalue weighted by atomic mass is 9.93. The number of fused-ring (bicyclic) bond motifs is 2. The molecule has 0 radical (unpaired) electrons. The third-order valence-corrected chi connectivity index (χ3v) is 5.94. The molecule has 4 nitrogen and oxygen atoms in total. The van der Waals surface area contributed by atoms with Crippen LogP contribution < -0.4 is 10.6 Å². The van der Waals surface area contributed by atoms with Gasteiger partial charge in [-0.25, -0.2) is 9.18 Å². The van der Waals surface area contributed by atoms with E-state index in [2.05, 4.69) is 10.6 Å². The Hall–Kier alpha value is -2.11. The molecule has 2 aromatic carbocycles. The number of carbonyl (C=O) groups excluding carboxylic acids is 1. The van der Waals surface area contributed by atoms with Gasteiger partial charge in [-0.2, -0.15) is 0 Å². The van der Waals surface area contributed by atoms with Crippen LogP contribution in [0.15, 0.2) is 36.4 Å². The summed E-state index contributed by atoms with van der Waals surface area (Å²) >= 11 is 6.12. The van der Waals surface area contributed by atoms with Crippen LogP contribution in [0.5, 0.6) is 0 Å². The largest absolute Gasteiger partial charge is 0.449 e. The van der Waals surface area contributed by atoms with Crippen LogP contribution in [-0.2, 0) is 4.74 Å². The number of nitrogens with one attached hydrogen (secondary N) is 2. The molecule has 2 aliphatic heterocycles. The predicted octanol–water partition coefficient (Wildman–Crippen LogP) is 5.53. The first kappa shape index (κ1) is 19.2. The lowest BCUT2D eigenvalue weighted by Gasteiger charge is -2.28. The summed E-state index contributed by atoms with van der Waals surface area (Å²) in [6.07, 6.45) is 4.06. The molecule has 2 aliphatic rings. The van der Waals surface area contributed by atoms with Crippen LogP contribution in [0, 0.1) is 18.7 Å². The predicted molar refractivity (Wildman–Crippen MR) is 109 cm³/mol. The van der Waals surface area contributed by atoms with Gasteiger partial charge < -0.3 is 10.1 Å². The first-order chi connectivity index (χ1) is 13.5. The van der Waals surface area contributed by atoms with Crippen LogP contribution in [0.4, 0.5) is 14.9 Å². The van der Waals surface area contributed by atoms with Crippen molar-refractivity contribution in [1.29, 1.82) is 0 Å². The van der Waals surface area contributed by atoms with E-state index in [1.54, 1.807) is 31.2 Å². The second kappa shape index (κ2) is 8.10. The van der Waals surface area contributed by atoms with Crippen LogP contribution >= 0.6 is 11.6 Å². The van der Waals surface area contributed by atoms with Crippen LogP contribution in [0.25, 0.3) is 11.1 Å². The highest BCUT2D eigenvalue weighted by Crippen LogP contribution is 2.33. The van der Waals surface area contributed by atoms with Gasteiger partial charge in [-0.1, -0.05) is 23.7 Å². The van der Waals surface area contributed by atoms with E-state index < -0.39 is 6.09 Å². The standard InChI is InChI=1S/C22H24ClFN2O2/c1-13-8-15(2-7-20(13)24)19-6-3-16(23)11-21(19)26-22(27)28-12-14-9-17-4-5-18(10-14)25-17/h2-3,6-8,11,14,17-18,25H,4-5,9-10,12H2,1H3,(H,26,27). The molecule has 2 saturated heterocycles. The normalized spacial score (nSPS) is 23.5. The van der Waals surface area contributed by atoms with Gasteiger partial charge in [-0.05, 0) is 73.9 Å². The molecule has 28 heavy (non-hydrogen) atoms. The molecule has 0 aliphatic carbocycles. The van der Waals surface area contributed by atoms with Crippen molar-refractivity contribution in [2.24, 2.45) is 5.92 Å². The highest BCUT2D eigenvalue weighted by atomic mass is 35.5. The summed E-state index contributed by atoms with van der Waals surface area (Å²) in [6, 6.07) is 11.2. The molecule has 2 heterocycles. The Bertz CT molecular complexity index is 877. The molecule has 0 saturated carbocycles. The number of piperidine rings is 1. The molecule has 4 rings (SSSR count). The minimum absolute atomic E-state index is 0.262. The maximum Gasteiger partial charge on any atom is 0.411 e. The van der Waals surface area contributed by atoms with Crippen molar-refractivity contribution >= 4 is 23.4 Å². The highest BCUT2D eigenvalue weighted by molar-refractivity contribution is 6.31. The van der Waals surface area contributed by atoms with Gasteiger partial charge in [-0.15, -0.1) is 0 Å². The molecule has 2 unspecified atom stereocenters. The zero-order valence-corrected chi connectivity index (χ0v) is 16.6. The molecule has 0 spiro atoms. The van der Waals surface area contributed by atoms with Crippen molar-refractivity contribution in [3.05, 3.63) is 52.8 Å². The molecule has 6 heteroatoms. The van der Waals surface area contributed by atoms with Crippen molar-refractivity contribution < 1.29 is 13.9 Å². The SMILES string of the molecule is Cc1cc(-c2ccc(Cl)cc2NC(=O)OCC2CC3CCC(C2)N3)ccc1F. The number of anilines is 1. The number of aryl methyl sites for hydroxylation is 1. The molecule has 2 atom stereocenters. The van der Waals surface area contributed by atoms with E-state index in [0.29, 0.717) is 40.9 Å². The van der Waals surface area contributed by atoms with Crippen molar-refractivity contribution in [2.45, 2.75) is 44.7 Å². The van der Waals surface area contributed by atoms with Crippen LogP contribution in [0.2, 0.25) is 5.02 Å². The topological polar surface area (TPSA) is 50.4 Å². The number of benzene rings is 2. The van der Waals surface area contributed by atoms with E-state index in [4.69, 9.17) is 16.3 Å². The molecule has 2 aromatic rings. The molecular formula is C22H24ClFN2O2. The van der Waals surface area contributed by atoms with Gasteiger partial charge in [0.05, 0.1) is 12.3 Å². The van der Waals surface area contributed by atoms with E-state index in [-0.39, 0.29) is 5.82 Å².